The molecular weight excluding hydrogens is 356 g/mol. The molecule has 1 heterocycles. The predicted octanol–water partition coefficient (Wildman–Crippen LogP) is 3.41. The summed E-state index contributed by atoms with van der Waals surface area (Å²) < 4.78 is 0.548. The minimum absolute atomic E-state index is 0.174. The number of carboxylic acid groups (broad SMARTS) is 1. The molecule has 0 spiro atoms. The van der Waals surface area contributed by atoms with Gasteiger partial charge in [0.15, 0.2) is 0 Å². The molecule has 1 aliphatic rings. The molecule has 114 valence electrons. The van der Waals surface area contributed by atoms with Crippen LogP contribution in [-0.4, -0.2) is 35.2 Å². The minimum Gasteiger partial charge on any atom is -0.478 e. The topological polar surface area (TPSA) is 78.4 Å². The number of carbonyl (C=O) groups excluding carboxylic acids is 1. The zero-order chi connectivity index (χ0) is 15.2. The Labute approximate surface area is 136 Å². The van der Waals surface area contributed by atoms with Crippen molar-refractivity contribution < 1.29 is 14.7 Å². The minimum atomic E-state index is -0.998. The second kappa shape index (κ2) is 7.70. The lowest BCUT2D eigenvalue weighted by molar-refractivity contribution is 0.0697. The van der Waals surface area contributed by atoms with Gasteiger partial charge in [0.1, 0.15) is 0 Å². The van der Waals surface area contributed by atoms with E-state index in [4.69, 9.17) is 5.11 Å². The van der Waals surface area contributed by atoms with E-state index in [9.17, 15) is 9.59 Å². The van der Waals surface area contributed by atoms with Crippen LogP contribution in [0.2, 0.25) is 0 Å². The molecule has 1 aromatic carbocycles. The van der Waals surface area contributed by atoms with Gasteiger partial charge in [-0.15, -0.1) is 0 Å². The van der Waals surface area contributed by atoms with Crippen LogP contribution < -0.4 is 10.6 Å². The molecule has 1 aliphatic heterocycles. The number of hydrogen-bond acceptors (Lipinski definition) is 3. The van der Waals surface area contributed by atoms with Crippen LogP contribution in [0.15, 0.2) is 22.7 Å². The lowest BCUT2D eigenvalue weighted by Crippen LogP contribution is -2.34. The van der Waals surface area contributed by atoms with Gasteiger partial charge in [0.05, 0.1) is 11.3 Å². The normalized spacial score (nSPS) is 15.5. The Hall–Kier alpha value is -1.21. The molecule has 0 aromatic heterocycles. The number of nitrogens with one attached hydrogen (secondary N) is 2. The molecule has 1 aromatic rings. The molecule has 2 amide bonds. The van der Waals surface area contributed by atoms with Crippen LogP contribution in [0.5, 0.6) is 0 Å². The number of anilines is 1. The summed E-state index contributed by atoms with van der Waals surface area (Å²) in [5, 5.41) is 14.5. The highest BCUT2D eigenvalue weighted by Gasteiger charge is 2.15. The van der Waals surface area contributed by atoms with Gasteiger partial charge >= 0.3 is 12.0 Å². The van der Waals surface area contributed by atoms with E-state index in [0.717, 1.165) is 24.3 Å². The maximum Gasteiger partial charge on any atom is 0.335 e. The second-order valence-corrected chi connectivity index (χ2v) is 6.97. The van der Waals surface area contributed by atoms with E-state index in [-0.39, 0.29) is 11.6 Å². The molecule has 0 saturated carbocycles. The molecule has 0 bridgehead atoms. The van der Waals surface area contributed by atoms with Gasteiger partial charge in [-0.25, -0.2) is 9.59 Å². The van der Waals surface area contributed by atoms with Crippen molar-refractivity contribution >= 4 is 45.4 Å². The number of amides is 2. The summed E-state index contributed by atoms with van der Waals surface area (Å²) in [6, 6.07) is 4.24. The van der Waals surface area contributed by atoms with Crippen LogP contribution in [0.25, 0.3) is 0 Å². The highest BCUT2D eigenvalue weighted by atomic mass is 79.9. The Morgan fingerprint density at radius 2 is 2.05 bits per heavy atom. The van der Waals surface area contributed by atoms with Crippen molar-refractivity contribution in [1.29, 1.82) is 0 Å². The van der Waals surface area contributed by atoms with Crippen LogP contribution in [0.1, 0.15) is 23.2 Å². The van der Waals surface area contributed by atoms with Crippen molar-refractivity contribution in [3.63, 3.8) is 0 Å². The van der Waals surface area contributed by atoms with Crippen LogP contribution in [0.3, 0.4) is 0 Å². The zero-order valence-electron chi connectivity index (χ0n) is 11.4. The number of hydrogen-bond donors (Lipinski definition) is 3. The lowest BCUT2D eigenvalue weighted by Gasteiger charge is -2.21. The van der Waals surface area contributed by atoms with E-state index < -0.39 is 5.97 Å². The molecule has 0 aliphatic carbocycles. The first-order chi connectivity index (χ1) is 10.1. The lowest BCUT2D eigenvalue weighted by atomic mass is 10.0. The smallest absolute Gasteiger partial charge is 0.335 e. The van der Waals surface area contributed by atoms with Crippen molar-refractivity contribution in [3.8, 4) is 0 Å². The van der Waals surface area contributed by atoms with Crippen molar-refractivity contribution in [1.82, 2.24) is 5.32 Å². The summed E-state index contributed by atoms with van der Waals surface area (Å²) in [6.07, 6.45) is 2.28. The molecule has 2 rings (SSSR count). The Kier molecular flexibility index (Phi) is 5.93. The molecule has 0 radical (unpaired) electrons. The van der Waals surface area contributed by atoms with Crippen molar-refractivity contribution in [2.24, 2.45) is 5.92 Å². The molecule has 0 unspecified atom stereocenters. The third kappa shape index (κ3) is 4.93. The predicted molar refractivity (Wildman–Crippen MR) is 88.2 cm³/mol. The molecule has 1 saturated heterocycles. The van der Waals surface area contributed by atoms with E-state index in [1.807, 2.05) is 11.8 Å². The molecule has 0 atom stereocenters. The molecule has 5 nitrogen and oxygen atoms in total. The standard InChI is InChI=1S/C14H17BrN2O3S/c15-11-7-10(13(18)19)1-2-12(11)17-14(20)16-8-9-3-5-21-6-4-9/h1-2,7,9H,3-6,8H2,(H,18,19)(H2,16,17,20). The molecule has 7 heteroatoms. The number of rotatable bonds is 4. The van der Waals surface area contributed by atoms with E-state index in [2.05, 4.69) is 26.6 Å². The first-order valence-electron chi connectivity index (χ1n) is 6.71. The molecule has 21 heavy (non-hydrogen) atoms. The van der Waals surface area contributed by atoms with Crippen molar-refractivity contribution in [3.05, 3.63) is 28.2 Å². The van der Waals surface area contributed by atoms with E-state index in [1.165, 1.54) is 12.1 Å². The Morgan fingerprint density at radius 1 is 1.33 bits per heavy atom. The summed E-state index contributed by atoms with van der Waals surface area (Å²) in [7, 11) is 0. The molecular formula is C14H17BrN2O3S. The quantitative estimate of drug-likeness (QED) is 0.756. The first-order valence-corrected chi connectivity index (χ1v) is 8.66. The first kappa shape index (κ1) is 16.2. The Morgan fingerprint density at radius 3 is 2.67 bits per heavy atom. The number of urea groups is 1. The maximum absolute atomic E-state index is 11.9. The highest BCUT2D eigenvalue weighted by Crippen LogP contribution is 2.24. The van der Waals surface area contributed by atoms with Gasteiger partial charge in [-0.1, -0.05) is 0 Å². The Bertz CT molecular complexity index is 533. The third-order valence-electron chi connectivity index (χ3n) is 3.36. The van der Waals surface area contributed by atoms with Crippen LogP contribution in [0, 0.1) is 5.92 Å². The van der Waals surface area contributed by atoms with Crippen molar-refractivity contribution in [2.45, 2.75) is 12.8 Å². The van der Waals surface area contributed by atoms with Gasteiger partial charge in [-0.05, 0) is 64.4 Å². The molecule has 3 N–H and O–H groups in total. The van der Waals surface area contributed by atoms with E-state index in [1.54, 1.807) is 6.07 Å². The summed E-state index contributed by atoms with van der Waals surface area (Å²) in [5.41, 5.74) is 0.726. The van der Waals surface area contributed by atoms with Crippen molar-refractivity contribution in [2.75, 3.05) is 23.4 Å². The summed E-state index contributed by atoms with van der Waals surface area (Å²) >= 11 is 5.22. The number of thioether (sulfide) groups is 1. The number of carboxylic acids is 1. The van der Waals surface area contributed by atoms with E-state index in [0.29, 0.717) is 22.6 Å². The van der Waals surface area contributed by atoms with Gasteiger partial charge in [0.2, 0.25) is 0 Å². The number of halogens is 1. The summed E-state index contributed by atoms with van der Waals surface area (Å²) in [6.45, 7) is 0.678. The molecule has 1 fully saturated rings. The largest absolute Gasteiger partial charge is 0.478 e. The fourth-order valence-corrected chi connectivity index (χ4v) is 3.79. The van der Waals surface area contributed by atoms with Gasteiger partial charge < -0.3 is 15.7 Å². The van der Waals surface area contributed by atoms with Gasteiger partial charge in [0, 0.05) is 11.0 Å². The van der Waals surface area contributed by atoms with Crippen LogP contribution >= 0.6 is 27.7 Å². The second-order valence-electron chi connectivity index (χ2n) is 4.89. The number of carbonyl (C=O) groups is 2. The number of aromatic carboxylic acids is 1. The fraction of sp³-hybridized carbons (Fsp3) is 0.429. The maximum atomic E-state index is 11.9. The zero-order valence-corrected chi connectivity index (χ0v) is 13.8. The summed E-state index contributed by atoms with van der Waals surface area (Å²) in [4.78, 5) is 22.7. The highest BCUT2D eigenvalue weighted by molar-refractivity contribution is 9.10. The monoisotopic (exact) mass is 372 g/mol. The SMILES string of the molecule is O=C(NCC1CCSCC1)Nc1ccc(C(=O)O)cc1Br. The Balaban J connectivity index is 1.85. The van der Waals surface area contributed by atoms with Gasteiger partial charge in [0.25, 0.3) is 0 Å². The van der Waals surface area contributed by atoms with Crippen LogP contribution in [0.4, 0.5) is 10.5 Å². The summed E-state index contributed by atoms with van der Waals surface area (Å²) in [5.74, 6) is 1.88. The number of benzene rings is 1. The third-order valence-corrected chi connectivity index (χ3v) is 5.06. The average molecular weight is 373 g/mol. The van der Waals surface area contributed by atoms with E-state index >= 15 is 0 Å². The fourth-order valence-electron chi connectivity index (χ4n) is 2.10. The van der Waals surface area contributed by atoms with Gasteiger partial charge in [-0.3, -0.25) is 0 Å². The van der Waals surface area contributed by atoms with Crippen LogP contribution in [-0.2, 0) is 0 Å². The average Bonchev–Trinajstić information content (AvgIpc) is 2.48. The van der Waals surface area contributed by atoms with Gasteiger partial charge in [-0.2, -0.15) is 11.8 Å².